The van der Waals surface area contributed by atoms with E-state index in [0.29, 0.717) is 11.7 Å². The van der Waals surface area contributed by atoms with Crippen LogP contribution >= 0.6 is 0 Å². The molecule has 0 amide bonds. The van der Waals surface area contributed by atoms with E-state index in [-0.39, 0.29) is 0 Å². The van der Waals surface area contributed by atoms with Crippen LogP contribution in [0.3, 0.4) is 0 Å². The fourth-order valence-corrected chi connectivity index (χ4v) is 3.83. The zero-order valence-electron chi connectivity index (χ0n) is 16.7. The van der Waals surface area contributed by atoms with E-state index >= 15 is 0 Å². The maximum atomic E-state index is 5.59. The Balaban J connectivity index is 1.40. The smallest absolute Gasteiger partial charge is 0.262 e. The van der Waals surface area contributed by atoms with Gasteiger partial charge in [-0.25, -0.2) is 4.98 Å². The Hall–Kier alpha value is -3.03. The molecular formula is C22H24N6O. The normalized spacial score (nSPS) is 15.9. The lowest BCUT2D eigenvalue weighted by molar-refractivity contribution is 0.148. The van der Waals surface area contributed by atoms with Crippen molar-refractivity contribution in [3.8, 4) is 22.8 Å². The highest BCUT2D eigenvalue weighted by atomic mass is 16.5. The fraction of sp³-hybridized carbons (Fsp3) is 0.318. The second kappa shape index (κ2) is 7.42. The highest BCUT2D eigenvalue weighted by Gasteiger charge is 2.17. The van der Waals surface area contributed by atoms with Gasteiger partial charge in [-0.15, -0.1) is 0 Å². The van der Waals surface area contributed by atoms with E-state index < -0.39 is 0 Å². The summed E-state index contributed by atoms with van der Waals surface area (Å²) in [4.78, 5) is 14.1. The van der Waals surface area contributed by atoms with E-state index in [1.807, 2.05) is 41.9 Å². The average molecular weight is 388 g/mol. The Bertz CT molecular complexity index is 1140. The number of hydrogen-bond donors (Lipinski definition) is 0. The minimum atomic E-state index is 0.487. The van der Waals surface area contributed by atoms with Crippen molar-refractivity contribution in [3.05, 3.63) is 60.0 Å². The van der Waals surface area contributed by atoms with Gasteiger partial charge < -0.3 is 13.8 Å². The molecule has 7 heteroatoms. The van der Waals surface area contributed by atoms with Crippen molar-refractivity contribution in [2.75, 3.05) is 33.2 Å². The summed E-state index contributed by atoms with van der Waals surface area (Å²) in [6.07, 6.45) is 3.95. The standard InChI is InChI=1S/C22H24N6O/c1-16-14-28-8-4-7-19(21(28)23-16)22-24-20(25-29-22)18-6-3-5-17(13-18)15-27-11-9-26(2)10-12-27/h3-8,13-14H,9-12,15H2,1-2H3. The second-order valence-corrected chi connectivity index (χ2v) is 7.74. The monoisotopic (exact) mass is 388 g/mol. The molecular weight excluding hydrogens is 364 g/mol. The van der Waals surface area contributed by atoms with Crippen LogP contribution in [0, 0.1) is 6.92 Å². The van der Waals surface area contributed by atoms with E-state index in [1.165, 1.54) is 5.56 Å². The quantitative estimate of drug-likeness (QED) is 0.535. The predicted octanol–water partition coefficient (Wildman–Crippen LogP) is 3.11. The molecule has 0 spiro atoms. The number of likely N-dealkylation sites (N-methyl/N-ethyl adjacent to an activating group) is 1. The number of aryl methyl sites for hydroxylation is 1. The van der Waals surface area contributed by atoms with Crippen molar-refractivity contribution >= 4 is 5.65 Å². The number of imidazole rings is 1. The summed E-state index contributed by atoms with van der Waals surface area (Å²) in [6, 6.07) is 12.3. The number of hydrogen-bond acceptors (Lipinski definition) is 6. The van der Waals surface area contributed by atoms with Gasteiger partial charge in [-0.1, -0.05) is 23.4 Å². The summed E-state index contributed by atoms with van der Waals surface area (Å²) >= 11 is 0. The van der Waals surface area contributed by atoms with Crippen LogP contribution in [-0.4, -0.2) is 62.6 Å². The van der Waals surface area contributed by atoms with Crippen LogP contribution in [0.4, 0.5) is 0 Å². The molecule has 29 heavy (non-hydrogen) atoms. The summed E-state index contributed by atoms with van der Waals surface area (Å²) in [7, 11) is 2.18. The van der Waals surface area contributed by atoms with Gasteiger partial charge in [-0.3, -0.25) is 4.90 Å². The number of piperazine rings is 1. The van der Waals surface area contributed by atoms with Crippen molar-refractivity contribution in [1.82, 2.24) is 29.3 Å². The van der Waals surface area contributed by atoms with Crippen LogP contribution < -0.4 is 0 Å². The maximum absolute atomic E-state index is 5.59. The molecule has 148 valence electrons. The van der Waals surface area contributed by atoms with Gasteiger partial charge in [-0.05, 0) is 37.7 Å². The van der Waals surface area contributed by atoms with Crippen LogP contribution in [0.2, 0.25) is 0 Å². The lowest BCUT2D eigenvalue weighted by Gasteiger charge is -2.32. The van der Waals surface area contributed by atoms with Gasteiger partial charge in [0.25, 0.3) is 5.89 Å². The second-order valence-electron chi connectivity index (χ2n) is 7.74. The number of aromatic nitrogens is 4. The molecule has 0 bridgehead atoms. The van der Waals surface area contributed by atoms with E-state index in [1.54, 1.807) is 0 Å². The molecule has 0 aliphatic carbocycles. The fourth-order valence-electron chi connectivity index (χ4n) is 3.83. The third kappa shape index (κ3) is 3.66. The first-order chi connectivity index (χ1) is 14.2. The molecule has 4 aromatic rings. The molecule has 1 fully saturated rings. The molecule has 1 saturated heterocycles. The summed E-state index contributed by atoms with van der Waals surface area (Å²) in [5, 5.41) is 4.23. The van der Waals surface area contributed by atoms with Crippen molar-refractivity contribution in [2.45, 2.75) is 13.5 Å². The SMILES string of the molecule is Cc1cn2cccc(-c3nc(-c4cccc(CN5CCN(C)CC5)c4)no3)c2n1. The van der Waals surface area contributed by atoms with Crippen molar-refractivity contribution in [1.29, 1.82) is 0 Å². The van der Waals surface area contributed by atoms with Gasteiger partial charge in [-0.2, -0.15) is 4.98 Å². The van der Waals surface area contributed by atoms with E-state index in [0.717, 1.165) is 55.2 Å². The Morgan fingerprint density at radius 2 is 1.90 bits per heavy atom. The van der Waals surface area contributed by atoms with Crippen molar-refractivity contribution in [3.63, 3.8) is 0 Å². The molecule has 4 heterocycles. The highest BCUT2D eigenvalue weighted by molar-refractivity contribution is 5.73. The largest absolute Gasteiger partial charge is 0.333 e. The number of pyridine rings is 1. The van der Waals surface area contributed by atoms with Gasteiger partial charge in [0.15, 0.2) is 0 Å². The van der Waals surface area contributed by atoms with Gasteiger partial charge in [0.1, 0.15) is 5.65 Å². The summed E-state index contributed by atoms with van der Waals surface area (Å²) < 4.78 is 7.57. The molecule has 7 nitrogen and oxygen atoms in total. The van der Waals surface area contributed by atoms with Gasteiger partial charge in [0.05, 0.1) is 11.3 Å². The van der Waals surface area contributed by atoms with E-state index in [4.69, 9.17) is 4.52 Å². The summed E-state index contributed by atoms with van der Waals surface area (Å²) in [6.45, 7) is 7.35. The summed E-state index contributed by atoms with van der Waals surface area (Å²) in [5.74, 6) is 1.09. The zero-order valence-corrected chi connectivity index (χ0v) is 16.7. The molecule has 5 rings (SSSR count). The molecule has 0 radical (unpaired) electrons. The highest BCUT2D eigenvalue weighted by Crippen LogP contribution is 2.26. The molecule has 1 aliphatic heterocycles. The minimum Gasteiger partial charge on any atom is -0.333 e. The average Bonchev–Trinajstić information content (AvgIpc) is 3.36. The number of nitrogens with zero attached hydrogens (tertiary/aromatic N) is 6. The molecule has 3 aromatic heterocycles. The molecule has 0 saturated carbocycles. The minimum absolute atomic E-state index is 0.487. The first-order valence-corrected chi connectivity index (χ1v) is 9.94. The van der Waals surface area contributed by atoms with Gasteiger partial charge in [0, 0.05) is 50.7 Å². The zero-order chi connectivity index (χ0) is 19.8. The Morgan fingerprint density at radius 3 is 2.76 bits per heavy atom. The van der Waals surface area contributed by atoms with Crippen molar-refractivity contribution < 1.29 is 4.52 Å². The number of fused-ring (bicyclic) bond motifs is 1. The lowest BCUT2D eigenvalue weighted by atomic mass is 10.1. The van der Waals surface area contributed by atoms with Crippen LogP contribution in [0.15, 0.2) is 53.3 Å². The third-order valence-electron chi connectivity index (χ3n) is 5.45. The van der Waals surface area contributed by atoms with Gasteiger partial charge in [0.2, 0.25) is 5.82 Å². The molecule has 0 atom stereocenters. The van der Waals surface area contributed by atoms with E-state index in [2.05, 4.69) is 50.2 Å². The van der Waals surface area contributed by atoms with Gasteiger partial charge >= 0.3 is 0 Å². The molecule has 0 N–H and O–H groups in total. The first-order valence-electron chi connectivity index (χ1n) is 9.94. The Labute approximate surface area is 169 Å². The Kier molecular flexibility index (Phi) is 4.61. The van der Waals surface area contributed by atoms with Crippen LogP contribution in [0.5, 0.6) is 0 Å². The molecule has 1 aromatic carbocycles. The van der Waals surface area contributed by atoms with Crippen molar-refractivity contribution in [2.24, 2.45) is 0 Å². The number of rotatable bonds is 4. The first kappa shape index (κ1) is 18.0. The Morgan fingerprint density at radius 1 is 1.03 bits per heavy atom. The lowest BCUT2D eigenvalue weighted by Crippen LogP contribution is -2.43. The van der Waals surface area contributed by atoms with Crippen LogP contribution in [0.25, 0.3) is 28.5 Å². The van der Waals surface area contributed by atoms with E-state index in [9.17, 15) is 0 Å². The predicted molar refractivity (Wildman–Crippen MR) is 111 cm³/mol. The van der Waals surface area contributed by atoms with Crippen LogP contribution in [0.1, 0.15) is 11.3 Å². The molecule has 0 unspecified atom stereocenters. The number of benzene rings is 1. The molecule has 1 aliphatic rings. The summed E-state index contributed by atoms with van der Waals surface area (Å²) in [5.41, 5.74) is 4.85. The topological polar surface area (TPSA) is 62.7 Å². The van der Waals surface area contributed by atoms with Crippen LogP contribution in [-0.2, 0) is 6.54 Å². The third-order valence-corrected chi connectivity index (χ3v) is 5.45. The maximum Gasteiger partial charge on any atom is 0.262 e.